The largest absolute Gasteiger partial charge is 0.366 e. The van der Waals surface area contributed by atoms with Gasteiger partial charge in [0.15, 0.2) is 5.11 Å². The monoisotopic (exact) mass is 208 g/mol. The van der Waals surface area contributed by atoms with Crippen molar-refractivity contribution in [2.24, 2.45) is 0 Å². The number of nitrogens with one attached hydrogen (secondary N) is 2. The minimum absolute atomic E-state index is 0.359. The maximum atomic E-state index is 5.03. The van der Waals surface area contributed by atoms with Gasteiger partial charge in [0.25, 0.3) is 0 Å². The molecule has 2 N–H and O–H groups in total. The summed E-state index contributed by atoms with van der Waals surface area (Å²) in [5.74, 6) is 0. The Morgan fingerprint density at radius 2 is 2.00 bits per heavy atom. The van der Waals surface area contributed by atoms with Gasteiger partial charge in [0.2, 0.25) is 0 Å². The Bertz CT molecular complexity index is 285. The lowest BCUT2D eigenvalue weighted by molar-refractivity contribution is 0.655. The Balaban J connectivity index is 2.41. The first-order valence-electron chi connectivity index (χ1n) is 4.74. The molecule has 0 amide bonds. The van der Waals surface area contributed by atoms with Gasteiger partial charge in [0.05, 0.1) is 0 Å². The van der Waals surface area contributed by atoms with E-state index in [1.807, 2.05) is 13.1 Å². The van der Waals surface area contributed by atoms with Crippen molar-refractivity contribution in [1.82, 2.24) is 10.6 Å². The van der Waals surface area contributed by atoms with Gasteiger partial charge in [-0.05, 0) is 31.1 Å². The number of benzene rings is 1. The zero-order valence-corrected chi connectivity index (χ0v) is 9.40. The summed E-state index contributed by atoms with van der Waals surface area (Å²) < 4.78 is 0. The maximum Gasteiger partial charge on any atom is 0.166 e. The Morgan fingerprint density at radius 3 is 2.57 bits per heavy atom. The summed E-state index contributed by atoms with van der Waals surface area (Å²) in [5, 5.41) is 6.80. The number of rotatable bonds is 3. The molecule has 14 heavy (non-hydrogen) atoms. The van der Waals surface area contributed by atoms with Gasteiger partial charge in [0.1, 0.15) is 0 Å². The third-order valence-electron chi connectivity index (χ3n) is 1.99. The van der Waals surface area contributed by atoms with Crippen LogP contribution in [0.3, 0.4) is 0 Å². The summed E-state index contributed by atoms with van der Waals surface area (Å²) in [6, 6.07) is 10.7. The van der Waals surface area contributed by atoms with Gasteiger partial charge in [-0.1, -0.05) is 30.3 Å². The number of hydrogen-bond acceptors (Lipinski definition) is 1. The van der Waals surface area contributed by atoms with E-state index < -0.39 is 0 Å². The summed E-state index contributed by atoms with van der Waals surface area (Å²) in [6.45, 7) is 2.12. The predicted molar refractivity (Wildman–Crippen MR) is 64.4 cm³/mol. The van der Waals surface area contributed by atoms with E-state index in [0.717, 1.165) is 6.42 Å². The zero-order chi connectivity index (χ0) is 10.4. The van der Waals surface area contributed by atoms with Crippen LogP contribution in [-0.4, -0.2) is 18.2 Å². The highest BCUT2D eigenvalue weighted by Crippen LogP contribution is 2.02. The number of thiocarbonyl (C=S) groups is 1. The molecule has 1 atom stereocenters. The zero-order valence-electron chi connectivity index (χ0n) is 8.58. The summed E-state index contributed by atoms with van der Waals surface area (Å²) in [6.07, 6.45) is 0.989. The summed E-state index contributed by atoms with van der Waals surface area (Å²) >= 11 is 5.03. The average Bonchev–Trinajstić information content (AvgIpc) is 2.19. The molecule has 0 aliphatic heterocycles. The van der Waals surface area contributed by atoms with Gasteiger partial charge in [-0.2, -0.15) is 0 Å². The fourth-order valence-electron chi connectivity index (χ4n) is 1.31. The van der Waals surface area contributed by atoms with E-state index in [2.05, 4.69) is 41.8 Å². The average molecular weight is 208 g/mol. The van der Waals surface area contributed by atoms with Gasteiger partial charge < -0.3 is 10.6 Å². The first kappa shape index (κ1) is 11.0. The fourth-order valence-corrected chi connectivity index (χ4v) is 1.52. The standard InChI is InChI=1S/C11H16N2S/c1-9(13-11(14)12-2)8-10-6-4-3-5-7-10/h3-7,9H,8H2,1-2H3,(H2,12,13,14). The molecule has 0 aliphatic carbocycles. The van der Waals surface area contributed by atoms with E-state index in [1.54, 1.807) is 0 Å². The normalized spacial score (nSPS) is 11.9. The molecule has 2 nitrogen and oxygen atoms in total. The van der Waals surface area contributed by atoms with Crippen molar-refractivity contribution in [2.45, 2.75) is 19.4 Å². The molecule has 0 spiro atoms. The van der Waals surface area contributed by atoms with Crippen molar-refractivity contribution in [3.05, 3.63) is 35.9 Å². The molecule has 0 aliphatic rings. The van der Waals surface area contributed by atoms with E-state index in [0.29, 0.717) is 11.2 Å². The molecule has 1 aromatic rings. The molecular formula is C11H16N2S. The molecule has 0 heterocycles. The van der Waals surface area contributed by atoms with Crippen LogP contribution < -0.4 is 10.6 Å². The second-order valence-corrected chi connectivity index (χ2v) is 3.72. The minimum atomic E-state index is 0.359. The molecule has 0 radical (unpaired) electrons. The second kappa shape index (κ2) is 5.60. The third-order valence-corrected chi connectivity index (χ3v) is 2.31. The van der Waals surface area contributed by atoms with Crippen molar-refractivity contribution in [2.75, 3.05) is 7.05 Å². The highest BCUT2D eigenvalue weighted by atomic mass is 32.1. The van der Waals surface area contributed by atoms with Gasteiger partial charge in [0, 0.05) is 13.1 Å². The highest BCUT2D eigenvalue weighted by Gasteiger charge is 2.03. The topological polar surface area (TPSA) is 24.1 Å². The molecule has 1 rings (SSSR count). The van der Waals surface area contributed by atoms with Crippen molar-refractivity contribution < 1.29 is 0 Å². The molecule has 0 aromatic heterocycles. The van der Waals surface area contributed by atoms with Crippen LogP contribution in [0, 0.1) is 0 Å². The molecule has 0 saturated heterocycles. The molecule has 3 heteroatoms. The Labute approximate surface area is 90.7 Å². The highest BCUT2D eigenvalue weighted by molar-refractivity contribution is 7.80. The molecular weight excluding hydrogens is 192 g/mol. The SMILES string of the molecule is CNC(=S)NC(C)Cc1ccccc1. The quantitative estimate of drug-likeness (QED) is 0.740. The summed E-state index contributed by atoms with van der Waals surface area (Å²) in [4.78, 5) is 0. The van der Waals surface area contributed by atoms with Crippen LogP contribution in [0.2, 0.25) is 0 Å². The smallest absolute Gasteiger partial charge is 0.166 e. The van der Waals surface area contributed by atoms with Crippen LogP contribution in [0.15, 0.2) is 30.3 Å². The molecule has 76 valence electrons. The third kappa shape index (κ3) is 3.75. The Hall–Kier alpha value is -1.09. The van der Waals surface area contributed by atoms with Crippen molar-refractivity contribution in [1.29, 1.82) is 0 Å². The first-order chi connectivity index (χ1) is 6.72. The van der Waals surface area contributed by atoms with E-state index in [-0.39, 0.29) is 0 Å². The lowest BCUT2D eigenvalue weighted by Gasteiger charge is -2.15. The van der Waals surface area contributed by atoms with Crippen LogP contribution in [0.1, 0.15) is 12.5 Å². The van der Waals surface area contributed by atoms with Crippen LogP contribution in [0.4, 0.5) is 0 Å². The first-order valence-corrected chi connectivity index (χ1v) is 5.15. The summed E-state index contributed by atoms with van der Waals surface area (Å²) in [7, 11) is 1.82. The van der Waals surface area contributed by atoms with Crippen molar-refractivity contribution >= 4 is 17.3 Å². The molecule has 0 bridgehead atoms. The van der Waals surface area contributed by atoms with Crippen molar-refractivity contribution in [3.63, 3.8) is 0 Å². The van der Waals surface area contributed by atoms with Gasteiger partial charge in [-0.15, -0.1) is 0 Å². The maximum absolute atomic E-state index is 5.03. The minimum Gasteiger partial charge on any atom is -0.366 e. The lowest BCUT2D eigenvalue weighted by Crippen LogP contribution is -2.39. The molecule has 1 unspecified atom stereocenters. The van der Waals surface area contributed by atoms with E-state index in [4.69, 9.17) is 12.2 Å². The van der Waals surface area contributed by atoms with E-state index >= 15 is 0 Å². The van der Waals surface area contributed by atoms with Crippen LogP contribution in [0.25, 0.3) is 0 Å². The Kier molecular flexibility index (Phi) is 4.40. The van der Waals surface area contributed by atoms with Gasteiger partial charge >= 0.3 is 0 Å². The van der Waals surface area contributed by atoms with Gasteiger partial charge in [-0.25, -0.2) is 0 Å². The second-order valence-electron chi connectivity index (χ2n) is 3.31. The van der Waals surface area contributed by atoms with Crippen LogP contribution in [0.5, 0.6) is 0 Å². The van der Waals surface area contributed by atoms with E-state index in [1.165, 1.54) is 5.56 Å². The molecule has 0 saturated carbocycles. The summed E-state index contributed by atoms with van der Waals surface area (Å²) in [5.41, 5.74) is 1.33. The molecule has 0 fully saturated rings. The Morgan fingerprint density at radius 1 is 1.36 bits per heavy atom. The number of hydrogen-bond donors (Lipinski definition) is 2. The lowest BCUT2D eigenvalue weighted by atomic mass is 10.1. The fraction of sp³-hybridized carbons (Fsp3) is 0.364. The van der Waals surface area contributed by atoms with Gasteiger partial charge in [-0.3, -0.25) is 0 Å². The van der Waals surface area contributed by atoms with E-state index in [9.17, 15) is 0 Å². The molecule has 1 aromatic carbocycles. The predicted octanol–water partition coefficient (Wildman–Crippen LogP) is 1.71. The van der Waals surface area contributed by atoms with Crippen LogP contribution >= 0.6 is 12.2 Å². The van der Waals surface area contributed by atoms with Crippen molar-refractivity contribution in [3.8, 4) is 0 Å². The van der Waals surface area contributed by atoms with Crippen LogP contribution in [-0.2, 0) is 6.42 Å².